The second-order valence-electron chi connectivity index (χ2n) is 18.6. The average Bonchev–Trinajstić information content (AvgIpc) is 2.97. The van der Waals surface area contributed by atoms with Gasteiger partial charge >= 0.3 is 5.97 Å². The van der Waals surface area contributed by atoms with Gasteiger partial charge in [-0.3, -0.25) is 4.79 Å². The van der Waals surface area contributed by atoms with Gasteiger partial charge in [0.2, 0.25) is 0 Å². The molecule has 8 heteroatoms. The zero-order valence-electron chi connectivity index (χ0n) is 29.6. The van der Waals surface area contributed by atoms with Crippen LogP contribution in [-0.4, -0.2) is 80.8 Å². The molecule has 6 aliphatic rings. The van der Waals surface area contributed by atoms with Crippen LogP contribution in [0.2, 0.25) is 0 Å². The smallest absolute Gasteiger partial charge is 0.302 e. The van der Waals surface area contributed by atoms with Crippen LogP contribution in [0.3, 0.4) is 0 Å². The first kappa shape index (κ1) is 34.8. The molecule has 46 heavy (non-hydrogen) atoms. The van der Waals surface area contributed by atoms with Gasteiger partial charge in [0.25, 0.3) is 0 Å². The maximum atomic E-state index is 12.3. The first-order valence-corrected chi connectivity index (χ1v) is 18.2. The summed E-state index contributed by atoms with van der Waals surface area (Å²) in [7, 11) is 0. The summed E-state index contributed by atoms with van der Waals surface area (Å²) in [6, 6.07) is 0. The molecule has 0 bridgehead atoms. The van der Waals surface area contributed by atoms with Crippen LogP contribution in [0, 0.1) is 50.2 Å². The van der Waals surface area contributed by atoms with Crippen molar-refractivity contribution in [3.8, 4) is 0 Å². The van der Waals surface area contributed by atoms with E-state index in [4.69, 9.17) is 9.47 Å². The number of ether oxygens (including phenoxy) is 2. The number of allylic oxidation sites excluding steroid dienone is 2. The summed E-state index contributed by atoms with van der Waals surface area (Å²) in [5, 5.41) is 54.5. The molecule has 5 N–H and O–H groups in total. The van der Waals surface area contributed by atoms with Crippen molar-refractivity contribution in [1.82, 2.24) is 0 Å². The third-order valence-corrected chi connectivity index (χ3v) is 15.8. The number of aliphatic hydroxyl groups is 5. The fourth-order valence-electron chi connectivity index (χ4n) is 12.9. The van der Waals surface area contributed by atoms with Crippen LogP contribution in [0.1, 0.15) is 120 Å². The zero-order chi connectivity index (χ0) is 33.8. The maximum absolute atomic E-state index is 12.3. The summed E-state index contributed by atoms with van der Waals surface area (Å²) < 4.78 is 11.9. The first-order valence-electron chi connectivity index (χ1n) is 18.2. The molecule has 0 aromatic rings. The summed E-state index contributed by atoms with van der Waals surface area (Å²) in [6.45, 7) is 17.9. The molecule has 5 fully saturated rings. The molecule has 0 aromatic heterocycles. The second kappa shape index (κ2) is 11.2. The van der Waals surface area contributed by atoms with E-state index in [0.717, 1.165) is 64.2 Å². The summed E-state index contributed by atoms with van der Waals surface area (Å²) in [6.07, 6.45) is 4.45. The lowest BCUT2D eigenvalue weighted by atomic mass is 9.33. The Morgan fingerprint density at radius 1 is 0.913 bits per heavy atom. The van der Waals surface area contributed by atoms with Gasteiger partial charge in [-0.05, 0) is 104 Å². The fourth-order valence-corrected chi connectivity index (χ4v) is 12.9. The van der Waals surface area contributed by atoms with E-state index < -0.39 is 48.6 Å². The Kier molecular flexibility index (Phi) is 8.51. The third kappa shape index (κ3) is 4.77. The van der Waals surface area contributed by atoms with Crippen LogP contribution in [-0.2, 0) is 14.3 Å². The number of esters is 1. The van der Waals surface area contributed by atoms with Crippen LogP contribution in [0.4, 0.5) is 0 Å². The van der Waals surface area contributed by atoms with Crippen molar-refractivity contribution in [3.63, 3.8) is 0 Å². The van der Waals surface area contributed by atoms with Gasteiger partial charge < -0.3 is 35.0 Å². The molecule has 14 atom stereocenters. The van der Waals surface area contributed by atoms with Crippen molar-refractivity contribution >= 4 is 5.97 Å². The highest BCUT2D eigenvalue weighted by Crippen LogP contribution is 2.76. The molecular formula is C38H62O8. The van der Waals surface area contributed by atoms with Crippen molar-refractivity contribution in [2.24, 2.45) is 50.2 Å². The predicted molar refractivity (Wildman–Crippen MR) is 174 cm³/mol. The standard InChI is InChI=1S/C38H62O8/c1-21(40)45-27-12-13-35(6)25(34(27,4)5)11-14-37(8)26(35)10-9-22-23-19-33(2,3)15-17-38(23,18-16-36(22,37)7)32(44)31-30(43)29(42)28(41)24(20-39)46-31/h9,23-32,39,41-44H,10-20H2,1-8H3/t23?,24?,25?,26?,27-,28+,29-,30?,31-,32+,35-,36+,37+,38-/m0/s1. The topological polar surface area (TPSA) is 137 Å². The minimum Gasteiger partial charge on any atom is -0.462 e. The minimum absolute atomic E-state index is 0.0543. The Balaban J connectivity index is 1.38. The van der Waals surface area contributed by atoms with Crippen LogP contribution in [0.25, 0.3) is 0 Å². The molecule has 0 amide bonds. The molecule has 4 saturated carbocycles. The van der Waals surface area contributed by atoms with Gasteiger partial charge in [-0.15, -0.1) is 0 Å². The van der Waals surface area contributed by atoms with Gasteiger partial charge in [-0.1, -0.05) is 60.1 Å². The number of aliphatic hydroxyl groups excluding tert-OH is 5. The second-order valence-corrected chi connectivity index (χ2v) is 18.6. The van der Waals surface area contributed by atoms with E-state index in [9.17, 15) is 30.3 Å². The Labute approximate surface area is 276 Å². The molecule has 6 rings (SSSR count). The Hall–Kier alpha value is -1.03. The molecule has 0 aromatic carbocycles. The van der Waals surface area contributed by atoms with Crippen molar-refractivity contribution in [2.75, 3.05) is 6.61 Å². The van der Waals surface area contributed by atoms with Gasteiger partial charge in [0.15, 0.2) is 0 Å². The van der Waals surface area contributed by atoms with E-state index in [1.54, 1.807) is 0 Å². The number of carbonyl (C=O) groups excluding carboxylic acids is 1. The Bertz CT molecular complexity index is 1230. The Morgan fingerprint density at radius 2 is 1.59 bits per heavy atom. The highest BCUT2D eigenvalue weighted by molar-refractivity contribution is 5.66. The molecule has 0 spiro atoms. The molecule has 0 radical (unpaired) electrons. The molecule has 1 aliphatic heterocycles. The molecule has 5 unspecified atom stereocenters. The van der Waals surface area contributed by atoms with E-state index in [-0.39, 0.29) is 45.1 Å². The van der Waals surface area contributed by atoms with Crippen LogP contribution >= 0.6 is 0 Å². The maximum Gasteiger partial charge on any atom is 0.302 e. The SMILES string of the molecule is CC(=O)O[C@H]1CC[C@@]2(C)C(CC[C@]3(C)C2CC=C2C4CC(C)(C)CC[C@]4([C@H](O)[C@H]4OC(CO)[C@@H](O)[C@H](O)C4O)CC[C@]23C)C1(C)C. The molecule has 1 saturated heterocycles. The van der Waals surface area contributed by atoms with Crippen LogP contribution in [0.15, 0.2) is 11.6 Å². The van der Waals surface area contributed by atoms with Gasteiger partial charge in [0.1, 0.15) is 36.6 Å². The molecule has 8 nitrogen and oxygen atoms in total. The van der Waals surface area contributed by atoms with E-state index >= 15 is 0 Å². The van der Waals surface area contributed by atoms with E-state index in [1.165, 1.54) is 12.5 Å². The monoisotopic (exact) mass is 646 g/mol. The van der Waals surface area contributed by atoms with Gasteiger partial charge in [0, 0.05) is 17.8 Å². The first-order chi connectivity index (χ1) is 21.3. The van der Waals surface area contributed by atoms with E-state index in [1.807, 2.05) is 0 Å². The number of carbonyl (C=O) groups is 1. The van der Waals surface area contributed by atoms with Crippen molar-refractivity contribution in [3.05, 3.63) is 11.6 Å². The molecule has 5 aliphatic carbocycles. The molecule has 1 heterocycles. The molecular weight excluding hydrogens is 584 g/mol. The summed E-state index contributed by atoms with van der Waals surface area (Å²) >= 11 is 0. The average molecular weight is 647 g/mol. The number of hydrogen-bond acceptors (Lipinski definition) is 8. The summed E-state index contributed by atoms with van der Waals surface area (Å²) in [5.74, 6) is 0.854. The largest absolute Gasteiger partial charge is 0.462 e. The van der Waals surface area contributed by atoms with Gasteiger partial charge in [-0.25, -0.2) is 0 Å². The van der Waals surface area contributed by atoms with Crippen LogP contribution < -0.4 is 0 Å². The van der Waals surface area contributed by atoms with Crippen molar-refractivity contribution in [2.45, 2.75) is 162 Å². The van der Waals surface area contributed by atoms with Crippen molar-refractivity contribution < 1.29 is 39.8 Å². The lowest BCUT2D eigenvalue weighted by Crippen LogP contribution is -2.68. The summed E-state index contributed by atoms with van der Waals surface area (Å²) in [5.41, 5.74) is 1.03. The molecule has 262 valence electrons. The highest BCUT2D eigenvalue weighted by atomic mass is 16.6. The highest BCUT2D eigenvalue weighted by Gasteiger charge is 2.70. The normalized spacial score (nSPS) is 51.8. The number of fused-ring (bicyclic) bond motifs is 7. The zero-order valence-corrected chi connectivity index (χ0v) is 29.6. The lowest BCUT2D eigenvalue weighted by Gasteiger charge is -2.72. The summed E-state index contributed by atoms with van der Waals surface area (Å²) in [4.78, 5) is 12.0. The Morgan fingerprint density at radius 3 is 2.24 bits per heavy atom. The lowest BCUT2D eigenvalue weighted by molar-refractivity contribution is -0.272. The minimum atomic E-state index is -1.50. The van der Waals surface area contributed by atoms with Gasteiger partial charge in [0.05, 0.1) is 12.7 Å². The number of hydrogen-bond donors (Lipinski definition) is 5. The van der Waals surface area contributed by atoms with Gasteiger partial charge in [-0.2, -0.15) is 0 Å². The van der Waals surface area contributed by atoms with Crippen molar-refractivity contribution in [1.29, 1.82) is 0 Å². The van der Waals surface area contributed by atoms with E-state index in [0.29, 0.717) is 11.8 Å². The number of rotatable bonds is 4. The predicted octanol–water partition coefficient (Wildman–Crippen LogP) is 4.92. The van der Waals surface area contributed by atoms with Crippen LogP contribution in [0.5, 0.6) is 0 Å². The third-order valence-electron chi connectivity index (χ3n) is 15.8. The van der Waals surface area contributed by atoms with E-state index in [2.05, 4.69) is 54.5 Å². The fraction of sp³-hybridized carbons (Fsp3) is 0.921. The quantitative estimate of drug-likeness (QED) is 0.215.